The highest BCUT2D eigenvalue weighted by Crippen LogP contribution is 2.31. The highest BCUT2D eigenvalue weighted by molar-refractivity contribution is 5.67. The van der Waals surface area contributed by atoms with Gasteiger partial charge in [0.15, 0.2) is 6.29 Å². The molecule has 0 aromatic heterocycles. The minimum absolute atomic E-state index is 0.283. The fourth-order valence-corrected chi connectivity index (χ4v) is 4.26. The van der Waals surface area contributed by atoms with Crippen LogP contribution in [0.2, 0.25) is 0 Å². The van der Waals surface area contributed by atoms with Crippen LogP contribution in [0.4, 0.5) is 10.1 Å². The van der Waals surface area contributed by atoms with Crippen LogP contribution < -0.4 is 5.32 Å². The number of hydrogen-bond donors (Lipinski definition) is 1. The number of rotatable bonds is 5. The molecule has 1 unspecified atom stereocenters. The SMILES string of the molecule is O=CC1Nc2c(F)cccc2CN1C1CCN(CCc2ccccc2)CC1. The molecule has 2 aliphatic rings. The Labute approximate surface area is 160 Å². The van der Waals surface area contributed by atoms with E-state index in [1.54, 1.807) is 6.07 Å². The van der Waals surface area contributed by atoms with Gasteiger partial charge in [0, 0.05) is 19.1 Å². The number of hydrogen-bond acceptors (Lipinski definition) is 4. The van der Waals surface area contributed by atoms with Crippen LogP contribution in [0, 0.1) is 5.82 Å². The lowest BCUT2D eigenvalue weighted by Crippen LogP contribution is -2.54. The standard InChI is InChI=1S/C22H26FN3O/c23-20-8-4-7-18-15-26(21(16-27)24-22(18)20)19-10-13-25(14-11-19)12-9-17-5-2-1-3-6-17/h1-8,16,19,21,24H,9-15H2. The van der Waals surface area contributed by atoms with E-state index in [-0.39, 0.29) is 5.82 Å². The maximum absolute atomic E-state index is 14.0. The molecule has 2 aliphatic heterocycles. The number of carbonyl (C=O) groups excluding carboxylic acids is 1. The fourth-order valence-electron chi connectivity index (χ4n) is 4.26. The zero-order valence-electron chi connectivity index (χ0n) is 15.5. The second-order valence-electron chi connectivity index (χ2n) is 7.48. The van der Waals surface area contributed by atoms with Crippen LogP contribution in [0.1, 0.15) is 24.0 Å². The van der Waals surface area contributed by atoms with Crippen molar-refractivity contribution < 1.29 is 9.18 Å². The molecule has 1 N–H and O–H groups in total. The number of likely N-dealkylation sites (tertiary alicyclic amines) is 1. The second kappa shape index (κ2) is 8.19. The van der Waals surface area contributed by atoms with Gasteiger partial charge in [-0.2, -0.15) is 0 Å². The average Bonchev–Trinajstić information content (AvgIpc) is 2.73. The maximum atomic E-state index is 14.0. The highest BCUT2D eigenvalue weighted by atomic mass is 19.1. The monoisotopic (exact) mass is 367 g/mol. The van der Waals surface area contributed by atoms with E-state index in [9.17, 15) is 9.18 Å². The Balaban J connectivity index is 1.35. The van der Waals surface area contributed by atoms with Crippen LogP contribution in [-0.4, -0.2) is 47.9 Å². The molecule has 4 rings (SSSR count). The lowest BCUT2D eigenvalue weighted by molar-refractivity contribution is -0.113. The third kappa shape index (κ3) is 4.04. The molecule has 1 fully saturated rings. The highest BCUT2D eigenvalue weighted by Gasteiger charge is 2.33. The summed E-state index contributed by atoms with van der Waals surface area (Å²) >= 11 is 0. The summed E-state index contributed by atoms with van der Waals surface area (Å²) in [5.74, 6) is -0.283. The summed E-state index contributed by atoms with van der Waals surface area (Å²) in [6, 6.07) is 16.0. The molecule has 142 valence electrons. The van der Waals surface area contributed by atoms with Gasteiger partial charge in [-0.25, -0.2) is 4.39 Å². The lowest BCUT2D eigenvalue weighted by Gasteiger charge is -2.43. The topological polar surface area (TPSA) is 35.6 Å². The predicted octanol–water partition coefficient (Wildman–Crippen LogP) is 3.29. The van der Waals surface area contributed by atoms with Gasteiger partial charge in [-0.1, -0.05) is 42.5 Å². The molecule has 4 nitrogen and oxygen atoms in total. The van der Waals surface area contributed by atoms with Crippen molar-refractivity contribution >= 4 is 12.0 Å². The Kier molecular flexibility index (Phi) is 5.50. The van der Waals surface area contributed by atoms with Crippen molar-refractivity contribution in [1.29, 1.82) is 0 Å². The number of nitrogens with zero attached hydrogens (tertiary/aromatic N) is 2. The number of piperidine rings is 1. The molecule has 2 aromatic rings. The van der Waals surface area contributed by atoms with Crippen LogP contribution >= 0.6 is 0 Å². The molecule has 5 heteroatoms. The van der Waals surface area contributed by atoms with E-state index in [1.807, 2.05) is 6.07 Å². The predicted molar refractivity (Wildman–Crippen MR) is 105 cm³/mol. The molecule has 1 saturated heterocycles. The Bertz CT molecular complexity index is 774. The van der Waals surface area contributed by atoms with Crippen LogP contribution in [0.3, 0.4) is 0 Å². The minimum Gasteiger partial charge on any atom is -0.361 e. The Morgan fingerprint density at radius 3 is 2.59 bits per heavy atom. The van der Waals surface area contributed by atoms with Crippen molar-refractivity contribution in [2.45, 2.75) is 38.0 Å². The number of anilines is 1. The van der Waals surface area contributed by atoms with E-state index in [2.05, 4.69) is 45.4 Å². The molecule has 0 aliphatic carbocycles. The molecule has 0 saturated carbocycles. The van der Waals surface area contributed by atoms with Crippen LogP contribution in [0.15, 0.2) is 48.5 Å². The Morgan fingerprint density at radius 2 is 1.85 bits per heavy atom. The molecular weight excluding hydrogens is 341 g/mol. The molecule has 0 amide bonds. The van der Waals surface area contributed by atoms with Gasteiger partial charge in [-0.15, -0.1) is 0 Å². The van der Waals surface area contributed by atoms with Crippen LogP contribution in [0.5, 0.6) is 0 Å². The largest absolute Gasteiger partial charge is 0.361 e. The van der Waals surface area contributed by atoms with E-state index in [0.29, 0.717) is 18.3 Å². The first-order valence-electron chi connectivity index (χ1n) is 9.76. The van der Waals surface area contributed by atoms with Crippen molar-refractivity contribution in [3.8, 4) is 0 Å². The van der Waals surface area contributed by atoms with E-state index < -0.39 is 6.17 Å². The van der Waals surface area contributed by atoms with Crippen molar-refractivity contribution in [1.82, 2.24) is 9.80 Å². The summed E-state index contributed by atoms with van der Waals surface area (Å²) in [5.41, 5.74) is 2.78. The van der Waals surface area contributed by atoms with Gasteiger partial charge < -0.3 is 10.2 Å². The first-order valence-corrected chi connectivity index (χ1v) is 9.76. The first-order chi connectivity index (χ1) is 13.2. The van der Waals surface area contributed by atoms with Gasteiger partial charge in [-0.3, -0.25) is 9.69 Å². The van der Waals surface area contributed by atoms with Crippen molar-refractivity contribution in [2.75, 3.05) is 25.0 Å². The summed E-state index contributed by atoms with van der Waals surface area (Å²) in [7, 11) is 0. The zero-order valence-corrected chi connectivity index (χ0v) is 15.5. The number of halogens is 1. The van der Waals surface area contributed by atoms with Gasteiger partial charge in [0.05, 0.1) is 5.69 Å². The van der Waals surface area contributed by atoms with Gasteiger partial charge in [0.1, 0.15) is 12.0 Å². The number of aldehydes is 1. The van der Waals surface area contributed by atoms with Gasteiger partial charge >= 0.3 is 0 Å². The van der Waals surface area contributed by atoms with E-state index in [4.69, 9.17) is 0 Å². The Morgan fingerprint density at radius 1 is 1.07 bits per heavy atom. The Hall–Kier alpha value is -2.24. The average molecular weight is 367 g/mol. The molecule has 0 bridgehead atoms. The smallest absolute Gasteiger partial charge is 0.157 e. The third-order valence-electron chi connectivity index (χ3n) is 5.82. The lowest BCUT2D eigenvalue weighted by atomic mass is 9.99. The first kappa shape index (κ1) is 18.1. The number of fused-ring (bicyclic) bond motifs is 1. The maximum Gasteiger partial charge on any atom is 0.157 e. The molecule has 0 spiro atoms. The number of carbonyl (C=O) groups is 1. The number of para-hydroxylation sites is 1. The second-order valence-corrected chi connectivity index (χ2v) is 7.48. The van der Waals surface area contributed by atoms with Crippen LogP contribution in [0.25, 0.3) is 0 Å². The summed E-state index contributed by atoms with van der Waals surface area (Å²) in [6.45, 7) is 3.77. The quantitative estimate of drug-likeness (QED) is 0.823. The van der Waals surface area contributed by atoms with Crippen molar-refractivity contribution in [2.24, 2.45) is 0 Å². The number of nitrogens with one attached hydrogen (secondary N) is 1. The molecule has 2 heterocycles. The zero-order chi connectivity index (χ0) is 18.6. The summed E-state index contributed by atoms with van der Waals surface area (Å²) in [4.78, 5) is 16.3. The van der Waals surface area contributed by atoms with Gasteiger partial charge in [0.25, 0.3) is 0 Å². The van der Waals surface area contributed by atoms with Gasteiger partial charge in [0.2, 0.25) is 0 Å². The molecule has 2 aromatic carbocycles. The third-order valence-corrected chi connectivity index (χ3v) is 5.82. The van der Waals surface area contributed by atoms with Crippen LogP contribution in [-0.2, 0) is 17.8 Å². The van der Waals surface area contributed by atoms with E-state index >= 15 is 0 Å². The van der Waals surface area contributed by atoms with E-state index in [1.165, 1.54) is 11.6 Å². The summed E-state index contributed by atoms with van der Waals surface area (Å²) in [6.07, 6.45) is 3.59. The normalized spacial score (nSPS) is 21.4. The van der Waals surface area contributed by atoms with Crippen molar-refractivity contribution in [3.05, 3.63) is 65.5 Å². The van der Waals surface area contributed by atoms with Gasteiger partial charge in [-0.05, 0) is 49.5 Å². The van der Waals surface area contributed by atoms with Crippen molar-refractivity contribution in [3.63, 3.8) is 0 Å². The minimum atomic E-state index is -0.449. The molecule has 1 atom stereocenters. The molecule has 0 radical (unpaired) electrons. The number of benzene rings is 2. The molecule has 27 heavy (non-hydrogen) atoms. The summed E-state index contributed by atoms with van der Waals surface area (Å²) in [5, 5.41) is 3.09. The van der Waals surface area contributed by atoms with E-state index in [0.717, 1.165) is 50.7 Å². The molecular formula is C22H26FN3O. The summed E-state index contributed by atoms with van der Waals surface area (Å²) < 4.78 is 14.0. The fraction of sp³-hybridized carbons (Fsp3) is 0.409.